The Kier molecular flexibility index (Phi) is 8.31. The number of aliphatic imine (C=N–C) groups is 1. The van der Waals surface area contributed by atoms with Crippen LogP contribution in [0.3, 0.4) is 0 Å². The topological polar surface area (TPSA) is 54.9 Å². The van der Waals surface area contributed by atoms with E-state index in [0.29, 0.717) is 6.54 Å². The molecule has 0 atom stereocenters. The molecular weight excluding hydrogens is 441 g/mol. The van der Waals surface area contributed by atoms with Gasteiger partial charge >= 0.3 is 0 Å². The minimum atomic E-state index is 0. The van der Waals surface area contributed by atoms with Crippen LogP contribution in [0.25, 0.3) is 0 Å². The third-order valence-corrected chi connectivity index (χ3v) is 5.17. The number of guanidine groups is 1. The van der Waals surface area contributed by atoms with Crippen molar-refractivity contribution in [1.29, 1.82) is 0 Å². The molecule has 0 spiro atoms. The van der Waals surface area contributed by atoms with E-state index < -0.39 is 0 Å². The fraction of sp³-hybridized carbons (Fsp3) is 0.650. The molecule has 2 fully saturated rings. The standard InChI is InChI=1S/C20H31N3O2.HI/c1-4-21-20(23-13-17(15-6-7-15)16-8-9-16)22-12-14-5-10-18(24-2)19(11-14)25-3;/h5,10-11,15-17H,4,6-9,12-13H2,1-3H3,(H2,21,22,23);1H. The van der Waals surface area contributed by atoms with E-state index in [-0.39, 0.29) is 24.0 Å². The van der Waals surface area contributed by atoms with Crippen LogP contribution in [0.1, 0.15) is 38.2 Å². The van der Waals surface area contributed by atoms with Crippen LogP contribution in [0.4, 0.5) is 0 Å². The quantitative estimate of drug-likeness (QED) is 0.326. The third-order valence-electron chi connectivity index (χ3n) is 5.17. The van der Waals surface area contributed by atoms with Gasteiger partial charge < -0.3 is 20.1 Å². The SMILES string of the molecule is CCNC(=NCc1ccc(OC)c(OC)c1)NCC(C1CC1)C1CC1.I. The van der Waals surface area contributed by atoms with Crippen molar-refractivity contribution in [2.24, 2.45) is 22.7 Å². The fourth-order valence-electron chi connectivity index (χ4n) is 3.47. The van der Waals surface area contributed by atoms with Gasteiger partial charge in [-0.3, -0.25) is 0 Å². The van der Waals surface area contributed by atoms with Crippen LogP contribution in [0.5, 0.6) is 11.5 Å². The Bertz CT molecular complexity index is 589. The van der Waals surface area contributed by atoms with Crippen LogP contribution in [-0.4, -0.2) is 33.3 Å². The van der Waals surface area contributed by atoms with E-state index in [0.717, 1.165) is 53.9 Å². The normalized spacial score (nSPS) is 16.8. The molecule has 0 aliphatic heterocycles. The van der Waals surface area contributed by atoms with Crippen molar-refractivity contribution in [3.05, 3.63) is 23.8 Å². The second kappa shape index (κ2) is 10.2. The zero-order chi connectivity index (χ0) is 17.6. The monoisotopic (exact) mass is 473 g/mol. The van der Waals surface area contributed by atoms with Gasteiger partial charge in [0.05, 0.1) is 20.8 Å². The summed E-state index contributed by atoms with van der Waals surface area (Å²) >= 11 is 0. The molecule has 2 N–H and O–H groups in total. The van der Waals surface area contributed by atoms with Gasteiger partial charge in [0.2, 0.25) is 0 Å². The van der Waals surface area contributed by atoms with Crippen LogP contribution >= 0.6 is 24.0 Å². The molecule has 2 saturated carbocycles. The highest BCUT2D eigenvalue weighted by atomic mass is 127. The van der Waals surface area contributed by atoms with Crippen molar-refractivity contribution in [1.82, 2.24) is 10.6 Å². The van der Waals surface area contributed by atoms with Crippen molar-refractivity contribution in [2.75, 3.05) is 27.3 Å². The van der Waals surface area contributed by atoms with E-state index in [2.05, 4.69) is 17.6 Å². The Morgan fingerprint density at radius 3 is 2.27 bits per heavy atom. The number of ether oxygens (including phenoxy) is 2. The molecule has 0 unspecified atom stereocenters. The van der Waals surface area contributed by atoms with Crippen molar-refractivity contribution in [2.45, 2.75) is 39.2 Å². The Hall–Kier alpha value is -1.18. The van der Waals surface area contributed by atoms with Crippen LogP contribution < -0.4 is 20.1 Å². The van der Waals surface area contributed by atoms with Gasteiger partial charge in [-0.15, -0.1) is 24.0 Å². The maximum absolute atomic E-state index is 5.37. The third kappa shape index (κ3) is 5.93. The molecule has 0 amide bonds. The minimum Gasteiger partial charge on any atom is -0.493 e. The van der Waals surface area contributed by atoms with E-state index in [1.165, 1.54) is 25.7 Å². The van der Waals surface area contributed by atoms with Crippen molar-refractivity contribution in [3.63, 3.8) is 0 Å². The van der Waals surface area contributed by atoms with Crippen LogP contribution in [-0.2, 0) is 6.54 Å². The molecular formula is C20H32IN3O2. The largest absolute Gasteiger partial charge is 0.493 e. The first kappa shape index (κ1) is 21.1. The molecule has 0 heterocycles. The van der Waals surface area contributed by atoms with Crippen molar-refractivity contribution in [3.8, 4) is 11.5 Å². The Labute approximate surface area is 174 Å². The molecule has 3 rings (SSSR count). The molecule has 6 heteroatoms. The lowest BCUT2D eigenvalue weighted by atomic mass is 9.98. The molecule has 0 bridgehead atoms. The fourth-order valence-corrected chi connectivity index (χ4v) is 3.47. The van der Waals surface area contributed by atoms with Gasteiger partial charge in [-0.05, 0) is 68.1 Å². The van der Waals surface area contributed by atoms with Gasteiger partial charge in [-0.1, -0.05) is 6.07 Å². The molecule has 0 saturated heterocycles. The summed E-state index contributed by atoms with van der Waals surface area (Å²) in [6.07, 6.45) is 5.68. The summed E-state index contributed by atoms with van der Waals surface area (Å²) in [5.41, 5.74) is 1.11. The number of hydrogen-bond acceptors (Lipinski definition) is 3. The number of nitrogens with one attached hydrogen (secondary N) is 2. The first-order chi connectivity index (χ1) is 12.2. The van der Waals surface area contributed by atoms with Crippen molar-refractivity contribution >= 4 is 29.9 Å². The first-order valence-electron chi connectivity index (χ1n) is 9.48. The zero-order valence-electron chi connectivity index (χ0n) is 16.1. The highest BCUT2D eigenvalue weighted by molar-refractivity contribution is 14.0. The average molecular weight is 473 g/mol. The highest BCUT2D eigenvalue weighted by Crippen LogP contribution is 2.48. The van der Waals surface area contributed by atoms with Gasteiger partial charge in [0.1, 0.15) is 0 Å². The highest BCUT2D eigenvalue weighted by Gasteiger charge is 2.41. The lowest BCUT2D eigenvalue weighted by Crippen LogP contribution is -2.40. The van der Waals surface area contributed by atoms with Crippen molar-refractivity contribution < 1.29 is 9.47 Å². The molecule has 5 nitrogen and oxygen atoms in total. The van der Waals surface area contributed by atoms with Crippen LogP contribution in [0.15, 0.2) is 23.2 Å². The predicted octanol–water partition coefficient (Wildman–Crippen LogP) is 3.81. The number of hydrogen-bond donors (Lipinski definition) is 2. The maximum Gasteiger partial charge on any atom is 0.191 e. The van der Waals surface area contributed by atoms with E-state index in [1.807, 2.05) is 18.2 Å². The Morgan fingerprint density at radius 1 is 1.08 bits per heavy atom. The van der Waals surface area contributed by atoms with Crippen LogP contribution in [0.2, 0.25) is 0 Å². The summed E-state index contributed by atoms with van der Waals surface area (Å²) in [5.74, 6) is 5.14. The minimum absolute atomic E-state index is 0. The summed E-state index contributed by atoms with van der Waals surface area (Å²) < 4.78 is 10.7. The molecule has 0 aromatic heterocycles. The second-order valence-electron chi connectivity index (χ2n) is 7.10. The maximum atomic E-state index is 5.37. The van der Waals surface area contributed by atoms with Gasteiger partial charge in [0.25, 0.3) is 0 Å². The summed E-state index contributed by atoms with van der Waals surface area (Å²) in [4.78, 5) is 4.74. The molecule has 26 heavy (non-hydrogen) atoms. The summed E-state index contributed by atoms with van der Waals surface area (Å²) in [6.45, 7) is 4.64. The molecule has 0 radical (unpaired) electrons. The average Bonchev–Trinajstić information content (AvgIpc) is 3.53. The van der Waals surface area contributed by atoms with Gasteiger partial charge in [-0.25, -0.2) is 4.99 Å². The Balaban J connectivity index is 0.00000243. The number of benzene rings is 1. The summed E-state index contributed by atoms with van der Waals surface area (Å²) in [7, 11) is 3.31. The van der Waals surface area contributed by atoms with E-state index >= 15 is 0 Å². The number of halogens is 1. The van der Waals surface area contributed by atoms with E-state index in [9.17, 15) is 0 Å². The van der Waals surface area contributed by atoms with Crippen LogP contribution in [0, 0.1) is 17.8 Å². The number of rotatable bonds is 9. The van der Waals surface area contributed by atoms with Gasteiger partial charge in [-0.2, -0.15) is 0 Å². The molecule has 146 valence electrons. The van der Waals surface area contributed by atoms with Gasteiger partial charge in [0, 0.05) is 13.1 Å². The van der Waals surface area contributed by atoms with E-state index in [1.54, 1.807) is 14.2 Å². The first-order valence-corrected chi connectivity index (χ1v) is 9.48. The lowest BCUT2D eigenvalue weighted by Gasteiger charge is -2.18. The summed E-state index contributed by atoms with van der Waals surface area (Å²) in [6, 6.07) is 5.95. The second-order valence-corrected chi connectivity index (χ2v) is 7.10. The molecule has 2 aliphatic rings. The molecule has 2 aliphatic carbocycles. The van der Waals surface area contributed by atoms with Gasteiger partial charge in [0.15, 0.2) is 17.5 Å². The van der Waals surface area contributed by atoms with E-state index in [4.69, 9.17) is 14.5 Å². The molecule has 1 aromatic rings. The predicted molar refractivity (Wildman–Crippen MR) is 117 cm³/mol. The number of nitrogens with zero attached hydrogens (tertiary/aromatic N) is 1. The lowest BCUT2D eigenvalue weighted by molar-refractivity contribution is 0.354. The number of methoxy groups -OCH3 is 2. The Morgan fingerprint density at radius 2 is 1.73 bits per heavy atom. The summed E-state index contributed by atoms with van der Waals surface area (Å²) in [5, 5.41) is 6.93. The molecule has 1 aromatic carbocycles. The smallest absolute Gasteiger partial charge is 0.191 e. The zero-order valence-corrected chi connectivity index (χ0v) is 18.4.